The zero-order valence-corrected chi connectivity index (χ0v) is 31.4. The smallest absolute Gasteiger partial charge is 0.407 e. The van der Waals surface area contributed by atoms with E-state index < -0.39 is 24.3 Å². The molecule has 0 bridgehead atoms. The number of benzene rings is 2. The van der Waals surface area contributed by atoms with Crippen LogP contribution in [0.1, 0.15) is 94.2 Å². The molecule has 2 aromatic carbocycles. The standard InChI is InChI=1S/C40H48N8O6/c1-6-9-29(45-39(51)53-4)37(49)47-20-8-11-33(47)36-42-28-19-16-26(22-30(28)43-36)13-12-25-14-17-27(18-15-25)31-23-41-35(44-31)32-10-7-21-48(32)38(50)34(24(2)3)46-40(52)54-5/h14-19,22-24,29,32-34H,6-11,20-21H2,1-5H3,(H,41,44)(H,42,43)(H,45,51)(H,46,52)/t29-,32-,33-,34+/m0/s1. The number of nitrogens with zero attached hydrogens (tertiary/aromatic N) is 4. The Balaban J connectivity index is 1.12. The van der Waals surface area contributed by atoms with E-state index in [1.165, 1.54) is 14.2 Å². The van der Waals surface area contributed by atoms with Gasteiger partial charge in [0, 0.05) is 24.2 Å². The summed E-state index contributed by atoms with van der Waals surface area (Å²) in [4.78, 5) is 70.7. The number of aromatic amines is 2. The molecular formula is C40H48N8O6. The monoisotopic (exact) mass is 736 g/mol. The average molecular weight is 737 g/mol. The molecule has 4 heterocycles. The van der Waals surface area contributed by atoms with Gasteiger partial charge in [-0.3, -0.25) is 9.59 Å². The number of ether oxygens (including phenoxy) is 2. The molecule has 0 aliphatic carbocycles. The summed E-state index contributed by atoms with van der Waals surface area (Å²) in [5.74, 6) is 7.54. The summed E-state index contributed by atoms with van der Waals surface area (Å²) in [6, 6.07) is 11.9. The highest BCUT2D eigenvalue weighted by molar-refractivity contribution is 5.87. The number of carbonyl (C=O) groups excluding carboxylic acids is 4. The van der Waals surface area contributed by atoms with Gasteiger partial charge >= 0.3 is 12.2 Å². The number of methoxy groups -OCH3 is 2. The van der Waals surface area contributed by atoms with Crippen molar-refractivity contribution in [1.29, 1.82) is 0 Å². The van der Waals surface area contributed by atoms with Crippen LogP contribution in [0.4, 0.5) is 9.59 Å². The Bertz CT molecular complexity index is 2040. The maximum Gasteiger partial charge on any atom is 0.407 e. The molecule has 2 aliphatic rings. The summed E-state index contributed by atoms with van der Waals surface area (Å²) in [7, 11) is 2.57. The number of H-pyrrole nitrogens is 2. The maximum atomic E-state index is 13.5. The summed E-state index contributed by atoms with van der Waals surface area (Å²) in [5, 5.41) is 5.37. The third-order valence-corrected chi connectivity index (χ3v) is 10.1. The summed E-state index contributed by atoms with van der Waals surface area (Å²) in [6.07, 6.45) is 5.03. The van der Waals surface area contributed by atoms with Crippen LogP contribution < -0.4 is 10.6 Å². The lowest BCUT2D eigenvalue weighted by molar-refractivity contribution is -0.135. The highest BCUT2D eigenvalue weighted by Gasteiger charge is 2.38. The largest absolute Gasteiger partial charge is 0.453 e. The summed E-state index contributed by atoms with van der Waals surface area (Å²) < 4.78 is 9.49. The second kappa shape index (κ2) is 16.9. The molecule has 54 heavy (non-hydrogen) atoms. The number of carbonyl (C=O) groups is 4. The summed E-state index contributed by atoms with van der Waals surface area (Å²) in [6.45, 7) is 6.94. The third kappa shape index (κ3) is 8.35. The van der Waals surface area contributed by atoms with Crippen LogP contribution in [-0.2, 0) is 19.1 Å². The van der Waals surface area contributed by atoms with E-state index in [4.69, 9.17) is 14.5 Å². The van der Waals surface area contributed by atoms with Crippen LogP contribution in [0.15, 0.2) is 48.7 Å². The van der Waals surface area contributed by atoms with E-state index >= 15 is 0 Å². The maximum absolute atomic E-state index is 13.5. The molecule has 0 radical (unpaired) electrons. The van der Waals surface area contributed by atoms with Crippen molar-refractivity contribution >= 4 is 35.0 Å². The fourth-order valence-corrected chi connectivity index (χ4v) is 7.25. The van der Waals surface area contributed by atoms with Crippen molar-refractivity contribution in [3.05, 3.63) is 71.4 Å². The molecule has 4 N–H and O–H groups in total. The van der Waals surface area contributed by atoms with Gasteiger partial charge in [-0.15, -0.1) is 0 Å². The number of likely N-dealkylation sites (tertiary alicyclic amines) is 2. The van der Waals surface area contributed by atoms with Crippen LogP contribution >= 0.6 is 0 Å². The number of amides is 4. The van der Waals surface area contributed by atoms with Gasteiger partial charge in [0.2, 0.25) is 11.8 Å². The van der Waals surface area contributed by atoms with Crippen LogP contribution in [0.2, 0.25) is 0 Å². The SMILES string of the molecule is CCC[C@H](NC(=O)OC)C(=O)N1CCC[C@H]1c1nc2ccc(C#Cc3ccc(-c4cnc([C@@H]5CCCN5C(=O)[C@H](NC(=O)OC)C(C)C)[nH]4)cc3)cc2[nH]1. The Hall–Kier alpha value is -5.84. The zero-order chi connectivity index (χ0) is 38.4. The number of imidazole rings is 2. The molecule has 4 aromatic rings. The highest BCUT2D eigenvalue weighted by Crippen LogP contribution is 2.34. The van der Waals surface area contributed by atoms with Crippen molar-refractivity contribution in [2.24, 2.45) is 5.92 Å². The van der Waals surface area contributed by atoms with Crippen LogP contribution in [0.5, 0.6) is 0 Å². The number of aromatic nitrogens is 4. The summed E-state index contributed by atoms with van der Waals surface area (Å²) >= 11 is 0. The van der Waals surface area contributed by atoms with Gasteiger partial charge in [0.25, 0.3) is 0 Å². The van der Waals surface area contributed by atoms with E-state index in [0.29, 0.717) is 25.3 Å². The lowest BCUT2D eigenvalue weighted by Gasteiger charge is -2.30. The molecule has 4 amide bonds. The van der Waals surface area contributed by atoms with E-state index in [1.807, 2.05) is 68.1 Å². The molecule has 0 unspecified atom stereocenters. The van der Waals surface area contributed by atoms with Gasteiger partial charge in [0.05, 0.1) is 49.2 Å². The van der Waals surface area contributed by atoms with E-state index in [0.717, 1.165) is 71.3 Å². The van der Waals surface area contributed by atoms with Crippen molar-refractivity contribution in [2.45, 2.75) is 83.5 Å². The number of hydrogen-bond acceptors (Lipinski definition) is 8. The number of hydrogen-bond donors (Lipinski definition) is 4. The highest BCUT2D eigenvalue weighted by atomic mass is 16.5. The van der Waals surface area contributed by atoms with Crippen LogP contribution in [0, 0.1) is 17.8 Å². The average Bonchev–Trinajstić information content (AvgIpc) is 4.01. The fourth-order valence-electron chi connectivity index (χ4n) is 7.25. The minimum atomic E-state index is -0.692. The van der Waals surface area contributed by atoms with E-state index in [-0.39, 0.29) is 29.8 Å². The van der Waals surface area contributed by atoms with Crippen molar-refractivity contribution in [1.82, 2.24) is 40.4 Å². The number of fused-ring (bicyclic) bond motifs is 1. The normalized spacial score (nSPS) is 17.9. The molecule has 2 aliphatic heterocycles. The van der Waals surface area contributed by atoms with Gasteiger partial charge in [0.1, 0.15) is 23.7 Å². The van der Waals surface area contributed by atoms with E-state index in [1.54, 1.807) is 11.1 Å². The van der Waals surface area contributed by atoms with Gasteiger partial charge in [-0.1, -0.05) is 51.2 Å². The van der Waals surface area contributed by atoms with Gasteiger partial charge in [-0.05, 0) is 73.9 Å². The quantitative estimate of drug-likeness (QED) is 0.153. The Morgan fingerprint density at radius 2 is 1.48 bits per heavy atom. The second-order valence-electron chi connectivity index (χ2n) is 14.1. The molecule has 0 saturated carbocycles. The van der Waals surface area contributed by atoms with Crippen molar-refractivity contribution in [2.75, 3.05) is 27.3 Å². The van der Waals surface area contributed by atoms with Crippen LogP contribution in [-0.4, -0.2) is 93.1 Å². The Labute approximate surface area is 314 Å². The molecule has 14 nitrogen and oxygen atoms in total. The van der Waals surface area contributed by atoms with Crippen LogP contribution in [0.25, 0.3) is 22.3 Å². The first-order chi connectivity index (χ1) is 26.1. The Kier molecular flexibility index (Phi) is 11.8. The number of alkyl carbamates (subject to hydrolysis) is 2. The lowest BCUT2D eigenvalue weighted by atomic mass is 10.0. The summed E-state index contributed by atoms with van der Waals surface area (Å²) in [5.41, 5.74) is 5.06. The van der Waals surface area contributed by atoms with Crippen LogP contribution in [0.3, 0.4) is 0 Å². The number of nitrogens with one attached hydrogen (secondary N) is 4. The first kappa shape index (κ1) is 37.9. The third-order valence-electron chi connectivity index (χ3n) is 10.1. The molecule has 2 fully saturated rings. The molecule has 2 saturated heterocycles. The fraction of sp³-hybridized carbons (Fsp3) is 0.450. The second-order valence-corrected chi connectivity index (χ2v) is 14.1. The topological polar surface area (TPSA) is 175 Å². The molecule has 6 rings (SSSR count). The first-order valence-electron chi connectivity index (χ1n) is 18.6. The predicted molar refractivity (Wildman–Crippen MR) is 202 cm³/mol. The van der Waals surface area contributed by atoms with Crippen molar-refractivity contribution in [3.63, 3.8) is 0 Å². The molecule has 284 valence electrons. The molecule has 14 heteroatoms. The van der Waals surface area contributed by atoms with Crippen molar-refractivity contribution < 1.29 is 28.7 Å². The molecule has 2 aromatic heterocycles. The van der Waals surface area contributed by atoms with Gasteiger partial charge in [-0.2, -0.15) is 0 Å². The minimum absolute atomic E-state index is 0.108. The molecule has 4 atom stereocenters. The minimum Gasteiger partial charge on any atom is -0.453 e. The van der Waals surface area contributed by atoms with E-state index in [2.05, 4.69) is 37.4 Å². The predicted octanol–water partition coefficient (Wildman–Crippen LogP) is 5.59. The van der Waals surface area contributed by atoms with Gasteiger partial charge < -0.3 is 39.9 Å². The lowest BCUT2D eigenvalue weighted by Crippen LogP contribution is -2.51. The molecule has 0 spiro atoms. The van der Waals surface area contributed by atoms with E-state index in [9.17, 15) is 19.2 Å². The van der Waals surface area contributed by atoms with Crippen molar-refractivity contribution in [3.8, 4) is 23.1 Å². The first-order valence-corrected chi connectivity index (χ1v) is 18.6. The Morgan fingerprint density at radius 3 is 2.15 bits per heavy atom. The number of rotatable bonds is 10. The zero-order valence-electron chi connectivity index (χ0n) is 31.4. The Morgan fingerprint density at radius 1 is 0.852 bits per heavy atom. The van der Waals surface area contributed by atoms with Gasteiger partial charge in [-0.25, -0.2) is 19.6 Å². The molecular weight excluding hydrogens is 688 g/mol. The van der Waals surface area contributed by atoms with Gasteiger partial charge in [0.15, 0.2) is 0 Å².